The van der Waals surface area contributed by atoms with Crippen molar-refractivity contribution in [3.8, 4) is 0 Å². The number of carbonyl (C=O) groups excluding carboxylic acids is 1. The molecule has 0 bridgehead atoms. The first-order valence-electron chi connectivity index (χ1n) is 5.35. The van der Waals surface area contributed by atoms with E-state index in [2.05, 4.69) is 15.6 Å². The van der Waals surface area contributed by atoms with E-state index in [0.29, 0.717) is 12.1 Å². The van der Waals surface area contributed by atoms with Gasteiger partial charge in [-0.2, -0.15) is 0 Å². The number of halogens is 1. The van der Waals surface area contributed by atoms with Gasteiger partial charge in [0.2, 0.25) is 0 Å². The summed E-state index contributed by atoms with van der Waals surface area (Å²) in [5, 5.41) is 8.27. The van der Waals surface area contributed by atoms with Gasteiger partial charge >= 0.3 is 0 Å². The van der Waals surface area contributed by atoms with Gasteiger partial charge in [-0.05, 0) is 18.2 Å². The zero-order valence-corrected chi connectivity index (χ0v) is 10.6. The maximum atomic E-state index is 12.9. The van der Waals surface area contributed by atoms with Gasteiger partial charge in [-0.25, -0.2) is 9.37 Å². The molecular formula is C12H12FN3OS. The predicted octanol–water partition coefficient (Wildman–Crippen LogP) is 2.25. The number of thiazole rings is 1. The Bertz CT molecular complexity index is 556. The van der Waals surface area contributed by atoms with E-state index in [4.69, 9.17) is 0 Å². The van der Waals surface area contributed by atoms with Crippen LogP contribution in [0.25, 0.3) is 0 Å². The Balaban J connectivity index is 1.96. The first-order chi connectivity index (χ1) is 8.69. The number of nitrogens with zero attached hydrogens (tertiary/aromatic N) is 1. The summed E-state index contributed by atoms with van der Waals surface area (Å²) in [5.74, 6) is -0.734. The SMILES string of the molecule is CNc1nc(CNC(=O)c2cccc(F)c2)cs1. The normalized spacial score (nSPS) is 10.1. The standard InChI is InChI=1S/C12H12FN3OS/c1-14-12-16-10(7-18-12)6-15-11(17)8-3-2-4-9(13)5-8/h2-5,7H,6H2,1H3,(H,14,16)(H,15,17). The van der Waals surface area contributed by atoms with Crippen LogP contribution in [0, 0.1) is 5.82 Å². The van der Waals surface area contributed by atoms with E-state index in [0.717, 1.165) is 10.8 Å². The van der Waals surface area contributed by atoms with Crippen molar-refractivity contribution < 1.29 is 9.18 Å². The Labute approximate surface area is 108 Å². The van der Waals surface area contributed by atoms with Crippen molar-refractivity contribution in [3.63, 3.8) is 0 Å². The van der Waals surface area contributed by atoms with Gasteiger partial charge in [0.1, 0.15) is 5.82 Å². The van der Waals surface area contributed by atoms with Crippen LogP contribution < -0.4 is 10.6 Å². The Kier molecular flexibility index (Phi) is 3.88. The van der Waals surface area contributed by atoms with Gasteiger partial charge in [-0.3, -0.25) is 4.79 Å². The molecule has 0 aliphatic carbocycles. The summed E-state index contributed by atoms with van der Waals surface area (Å²) in [6, 6.07) is 5.58. The van der Waals surface area contributed by atoms with E-state index in [1.54, 1.807) is 13.1 Å². The Morgan fingerprint density at radius 2 is 2.33 bits per heavy atom. The molecule has 0 radical (unpaired) electrons. The van der Waals surface area contributed by atoms with Gasteiger partial charge in [-0.15, -0.1) is 11.3 Å². The van der Waals surface area contributed by atoms with E-state index in [1.807, 2.05) is 5.38 Å². The lowest BCUT2D eigenvalue weighted by Crippen LogP contribution is -2.23. The number of amides is 1. The highest BCUT2D eigenvalue weighted by Gasteiger charge is 2.07. The molecule has 18 heavy (non-hydrogen) atoms. The minimum Gasteiger partial charge on any atom is -0.365 e. The summed E-state index contributed by atoms with van der Waals surface area (Å²) in [6.07, 6.45) is 0. The summed E-state index contributed by atoms with van der Waals surface area (Å²) in [7, 11) is 1.79. The fraction of sp³-hybridized carbons (Fsp3) is 0.167. The molecule has 0 aliphatic heterocycles. The third kappa shape index (κ3) is 3.04. The molecule has 1 heterocycles. The van der Waals surface area contributed by atoms with Crippen LogP contribution in [0.3, 0.4) is 0 Å². The molecule has 2 aromatic rings. The van der Waals surface area contributed by atoms with E-state index >= 15 is 0 Å². The molecule has 4 nitrogen and oxygen atoms in total. The number of carbonyl (C=O) groups is 1. The third-order valence-corrected chi connectivity index (χ3v) is 3.19. The second-order valence-electron chi connectivity index (χ2n) is 3.59. The van der Waals surface area contributed by atoms with Crippen LogP contribution in [0.2, 0.25) is 0 Å². The second kappa shape index (κ2) is 5.59. The fourth-order valence-corrected chi connectivity index (χ4v) is 2.08. The Morgan fingerprint density at radius 3 is 3.00 bits per heavy atom. The predicted molar refractivity (Wildman–Crippen MR) is 69.2 cm³/mol. The number of aromatic nitrogens is 1. The van der Waals surface area contributed by atoms with Crippen LogP contribution >= 0.6 is 11.3 Å². The van der Waals surface area contributed by atoms with E-state index in [1.165, 1.54) is 29.5 Å². The highest BCUT2D eigenvalue weighted by molar-refractivity contribution is 7.13. The van der Waals surface area contributed by atoms with Gasteiger partial charge in [-0.1, -0.05) is 6.07 Å². The van der Waals surface area contributed by atoms with Crippen LogP contribution in [0.15, 0.2) is 29.6 Å². The lowest BCUT2D eigenvalue weighted by Gasteiger charge is -2.03. The van der Waals surface area contributed by atoms with Crippen molar-refractivity contribution in [2.45, 2.75) is 6.54 Å². The van der Waals surface area contributed by atoms with Crippen molar-refractivity contribution in [1.82, 2.24) is 10.3 Å². The minimum atomic E-state index is -0.422. The van der Waals surface area contributed by atoms with Crippen molar-refractivity contribution in [3.05, 3.63) is 46.7 Å². The monoisotopic (exact) mass is 265 g/mol. The van der Waals surface area contributed by atoms with Gasteiger partial charge < -0.3 is 10.6 Å². The Hall–Kier alpha value is -1.95. The molecular weight excluding hydrogens is 253 g/mol. The number of rotatable bonds is 4. The molecule has 1 amide bonds. The summed E-state index contributed by atoms with van der Waals surface area (Å²) in [5.41, 5.74) is 1.08. The lowest BCUT2D eigenvalue weighted by atomic mass is 10.2. The summed E-state index contributed by atoms with van der Waals surface area (Å²) >= 11 is 1.47. The number of benzene rings is 1. The zero-order valence-electron chi connectivity index (χ0n) is 9.74. The third-order valence-electron chi connectivity index (χ3n) is 2.28. The quantitative estimate of drug-likeness (QED) is 0.891. The summed E-state index contributed by atoms with van der Waals surface area (Å²) < 4.78 is 12.9. The maximum Gasteiger partial charge on any atom is 0.251 e. The van der Waals surface area contributed by atoms with Crippen LogP contribution in [0.1, 0.15) is 16.1 Å². The van der Waals surface area contributed by atoms with Crippen molar-refractivity contribution in [2.24, 2.45) is 0 Å². The largest absolute Gasteiger partial charge is 0.365 e. The molecule has 2 rings (SSSR count). The molecule has 6 heteroatoms. The molecule has 0 spiro atoms. The van der Waals surface area contributed by atoms with Gasteiger partial charge in [0.25, 0.3) is 5.91 Å². The van der Waals surface area contributed by atoms with Gasteiger partial charge in [0.15, 0.2) is 5.13 Å². The van der Waals surface area contributed by atoms with E-state index in [-0.39, 0.29) is 5.91 Å². The van der Waals surface area contributed by atoms with E-state index in [9.17, 15) is 9.18 Å². The van der Waals surface area contributed by atoms with Crippen molar-refractivity contribution in [2.75, 3.05) is 12.4 Å². The van der Waals surface area contributed by atoms with Crippen LogP contribution in [-0.4, -0.2) is 17.9 Å². The number of anilines is 1. The van der Waals surface area contributed by atoms with Crippen LogP contribution in [-0.2, 0) is 6.54 Å². The average molecular weight is 265 g/mol. The topological polar surface area (TPSA) is 54.0 Å². The summed E-state index contributed by atoms with van der Waals surface area (Å²) in [6.45, 7) is 0.327. The summed E-state index contributed by atoms with van der Waals surface area (Å²) in [4.78, 5) is 16.0. The molecule has 1 aromatic heterocycles. The average Bonchev–Trinajstić information content (AvgIpc) is 2.84. The van der Waals surface area contributed by atoms with Crippen molar-refractivity contribution in [1.29, 1.82) is 0 Å². The Morgan fingerprint density at radius 1 is 1.50 bits per heavy atom. The van der Waals surface area contributed by atoms with Gasteiger partial charge in [0, 0.05) is 18.0 Å². The highest BCUT2D eigenvalue weighted by atomic mass is 32.1. The van der Waals surface area contributed by atoms with E-state index < -0.39 is 5.82 Å². The maximum absolute atomic E-state index is 12.9. The number of hydrogen-bond acceptors (Lipinski definition) is 4. The fourth-order valence-electron chi connectivity index (χ4n) is 1.41. The smallest absolute Gasteiger partial charge is 0.251 e. The van der Waals surface area contributed by atoms with Crippen molar-refractivity contribution >= 4 is 22.4 Å². The van der Waals surface area contributed by atoms with Crippen LogP contribution in [0.4, 0.5) is 9.52 Å². The molecule has 0 atom stereocenters. The first kappa shape index (κ1) is 12.5. The molecule has 2 N–H and O–H groups in total. The van der Waals surface area contributed by atoms with Gasteiger partial charge in [0.05, 0.1) is 12.2 Å². The molecule has 0 unspecified atom stereocenters. The lowest BCUT2D eigenvalue weighted by molar-refractivity contribution is 0.0950. The molecule has 0 aliphatic rings. The minimum absolute atomic E-state index is 0.305. The number of nitrogens with one attached hydrogen (secondary N) is 2. The molecule has 0 saturated heterocycles. The van der Waals surface area contributed by atoms with Crippen LogP contribution in [0.5, 0.6) is 0 Å². The molecule has 94 valence electrons. The number of hydrogen-bond donors (Lipinski definition) is 2. The molecule has 0 saturated carbocycles. The first-order valence-corrected chi connectivity index (χ1v) is 6.23. The second-order valence-corrected chi connectivity index (χ2v) is 4.45. The highest BCUT2D eigenvalue weighted by Crippen LogP contribution is 2.14. The molecule has 1 aromatic carbocycles. The zero-order chi connectivity index (χ0) is 13.0. The molecule has 0 fully saturated rings.